The fourth-order valence-electron chi connectivity index (χ4n) is 5.29. The lowest BCUT2D eigenvalue weighted by Crippen LogP contribution is -2.31. The van der Waals surface area contributed by atoms with Gasteiger partial charge in [-0.1, -0.05) is 31.0 Å². The first-order valence-electron chi connectivity index (χ1n) is 11.0. The summed E-state index contributed by atoms with van der Waals surface area (Å²) < 4.78 is 5.13. The highest BCUT2D eigenvalue weighted by Crippen LogP contribution is 2.54. The maximum atomic E-state index is 10.5. The SMILES string of the molecule is CC(=NNC(=S)Nc1ccccc1)C1C2CCC(C2)C1CCCCCOCC(=O)O. The molecule has 30 heavy (non-hydrogen) atoms. The van der Waals surface area contributed by atoms with Crippen molar-refractivity contribution >= 4 is 34.7 Å². The Morgan fingerprint density at radius 3 is 2.73 bits per heavy atom. The van der Waals surface area contributed by atoms with E-state index in [1.54, 1.807) is 0 Å². The van der Waals surface area contributed by atoms with Gasteiger partial charge in [0.15, 0.2) is 5.11 Å². The zero-order valence-electron chi connectivity index (χ0n) is 17.7. The molecule has 0 saturated heterocycles. The van der Waals surface area contributed by atoms with E-state index in [2.05, 4.69) is 22.8 Å². The quantitative estimate of drug-likeness (QED) is 0.204. The standard InChI is InChI=1S/C23H33N3O3S/c1-16(25-26-23(30)24-19-8-4-2-5-9-19)22-18-12-11-17(14-18)20(22)10-6-3-7-13-29-15-21(27)28/h2,4-5,8-9,17-18,20,22H,3,6-7,10-15H2,1H3,(H,27,28)(H2,24,26,30). The Morgan fingerprint density at radius 2 is 1.97 bits per heavy atom. The zero-order chi connectivity index (χ0) is 21.3. The number of carbonyl (C=O) groups is 1. The molecule has 1 aromatic rings. The van der Waals surface area contributed by atoms with Crippen molar-refractivity contribution in [2.24, 2.45) is 28.8 Å². The average Bonchev–Trinajstić information content (AvgIpc) is 3.33. The molecule has 0 spiro atoms. The summed E-state index contributed by atoms with van der Waals surface area (Å²) in [5.74, 6) is 1.91. The van der Waals surface area contributed by atoms with E-state index >= 15 is 0 Å². The van der Waals surface area contributed by atoms with Crippen LogP contribution in [0.2, 0.25) is 0 Å². The molecular weight excluding hydrogens is 398 g/mol. The second-order valence-electron chi connectivity index (χ2n) is 8.50. The minimum absolute atomic E-state index is 0.196. The van der Waals surface area contributed by atoms with Crippen molar-refractivity contribution in [3.8, 4) is 0 Å². The summed E-state index contributed by atoms with van der Waals surface area (Å²) in [6.07, 6.45) is 8.37. The molecule has 0 aromatic heterocycles. The third-order valence-corrected chi connectivity index (χ3v) is 6.68. The van der Waals surface area contributed by atoms with Crippen LogP contribution in [0, 0.1) is 23.7 Å². The van der Waals surface area contributed by atoms with Crippen LogP contribution in [0.25, 0.3) is 0 Å². The third kappa shape index (κ3) is 6.51. The first-order valence-corrected chi connectivity index (χ1v) is 11.4. The van der Waals surface area contributed by atoms with Crippen molar-refractivity contribution in [1.29, 1.82) is 0 Å². The highest BCUT2D eigenvalue weighted by atomic mass is 32.1. The Bertz CT molecular complexity index is 740. The molecule has 1 aromatic carbocycles. The van der Waals surface area contributed by atoms with Crippen molar-refractivity contribution in [2.45, 2.75) is 51.9 Å². The highest BCUT2D eigenvalue weighted by Gasteiger charge is 2.48. The third-order valence-electron chi connectivity index (χ3n) is 6.49. The van der Waals surface area contributed by atoms with E-state index in [9.17, 15) is 4.79 Å². The minimum Gasteiger partial charge on any atom is -0.480 e. The predicted octanol–water partition coefficient (Wildman–Crippen LogP) is 4.67. The molecule has 0 aliphatic heterocycles. The van der Waals surface area contributed by atoms with E-state index < -0.39 is 5.97 Å². The van der Waals surface area contributed by atoms with Gasteiger partial charge in [0.25, 0.3) is 0 Å². The lowest BCUT2D eigenvalue weighted by atomic mass is 9.74. The molecule has 2 saturated carbocycles. The molecule has 7 heteroatoms. The Morgan fingerprint density at radius 1 is 1.20 bits per heavy atom. The summed E-state index contributed by atoms with van der Waals surface area (Å²) in [6, 6.07) is 9.87. The molecule has 0 amide bonds. The number of thiocarbonyl (C=S) groups is 1. The largest absolute Gasteiger partial charge is 0.480 e. The Balaban J connectivity index is 1.45. The van der Waals surface area contributed by atoms with Gasteiger partial charge in [-0.05, 0) is 81.1 Å². The van der Waals surface area contributed by atoms with E-state index in [0.717, 1.165) is 42.5 Å². The van der Waals surface area contributed by atoms with Crippen LogP contribution in [0.4, 0.5) is 5.69 Å². The van der Waals surface area contributed by atoms with Gasteiger partial charge in [-0.3, -0.25) is 5.43 Å². The van der Waals surface area contributed by atoms with Crippen molar-refractivity contribution in [3.05, 3.63) is 30.3 Å². The second-order valence-corrected chi connectivity index (χ2v) is 8.91. The van der Waals surface area contributed by atoms with E-state index in [1.165, 1.54) is 25.7 Å². The fourth-order valence-corrected chi connectivity index (χ4v) is 5.45. The molecule has 2 fully saturated rings. The van der Waals surface area contributed by atoms with Crippen LogP contribution in [-0.2, 0) is 9.53 Å². The first-order chi connectivity index (χ1) is 14.5. The summed E-state index contributed by atoms with van der Waals surface area (Å²) in [6.45, 7) is 2.47. The Hall–Kier alpha value is -1.99. The van der Waals surface area contributed by atoms with Crippen molar-refractivity contribution < 1.29 is 14.6 Å². The maximum Gasteiger partial charge on any atom is 0.329 e. The molecule has 4 unspecified atom stereocenters. The summed E-state index contributed by atoms with van der Waals surface area (Å²) >= 11 is 5.38. The molecular formula is C23H33N3O3S. The van der Waals surface area contributed by atoms with Gasteiger partial charge in [-0.25, -0.2) is 4.79 Å². The number of nitrogens with one attached hydrogen (secondary N) is 2. The summed E-state index contributed by atoms with van der Waals surface area (Å²) in [7, 11) is 0. The smallest absolute Gasteiger partial charge is 0.329 e. The van der Waals surface area contributed by atoms with E-state index in [-0.39, 0.29) is 6.61 Å². The van der Waals surface area contributed by atoms with Gasteiger partial charge in [-0.15, -0.1) is 0 Å². The van der Waals surface area contributed by atoms with Crippen molar-refractivity contribution in [2.75, 3.05) is 18.5 Å². The fraction of sp³-hybridized carbons (Fsp3) is 0.609. The summed E-state index contributed by atoms with van der Waals surface area (Å²) in [4.78, 5) is 10.5. The van der Waals surface area contributed by atoms with Crippen LogP contribution in [0.5, 0.6) is 0 Å². The van der Waals surface area contributed by atoms with Gasteiger partial charge in [0, 0.05) is 23.9 Å². The van der Waals surface area contributed by atoms with Crippen LogP contribution in [-0.4, -0.2) is 35.1 Å². The molecule has 3 N–H and O–H groups in total. The molecule has 4 atom stereocenters. The van der Waals surface area contributed by atoms with Crippen LogP contribution in [0.1, 0.15) is 51.9 Å². The summed E-state index contributed by atoms with van der Waals surface area (Å²) in [5, 5.41) is 16.9. The van der Waals surface area contributed by atoms with Gasteiger partial charge < -0.3 is 15.2 Å². The maximum absolute atomic E-state index is 10.5. The number of aliphatic carboxylic acids is 1. The second kappa shape index (κ2) is 11.4. The van der Waals surface area contributed by atoms with Crippen LogP contribution in [0.15, 0.2) is 35.4 Å². The normalized spacial score (nSPS) is 25.3. The van der Waals surface area contributed by atoms with Crippen LogP contribution >= 0.6 is 12.2 Å². The number of fused-ring (bicyclic) bond motifs is 2. The molecule has 6 nitrogen and oxygen atoms in total. The van der Waals surface area contributed by atoms with Gasteiger partial charge in [0.05, 0.1) is 0 Å². The van der Waals surface area contributed by atoms with Crippen molar-refractivity contribution in [1.82, 2.24) is 5.43 Å². The van der Waals surface area contributed by atoms with Crippen LogP contribution in [0.3, 0.4) is 0 Å². The number of hydrazone groups is 1. The molecule has 2 bridgehead atoms. The first kappa shape index (κ1) is 22.7. The van der Waals surface area contributed by atoms with Gasteiger partial charge in [0.2, 0.25) is 0 Å². The van der Waals surface area contributed by atoms with Crippen molar-refractivity contribution in [3.63, 3.8) is 0 Å². The zero-order valence-corrected chi connectivity index (χ0v) is 18.5. The summed E-state index contributed by atoms with van der Waals surface area (Å²) in [5.41, 5.74) is 5.14. The number of benzene rings is 1. The van der Waals surface area contributed by atoms with Crippen LogP contribution < -0.4 is 10.7 Å². The minimum atomic E-state index is -0.901. The predicted molar refractivity (Wildman–Crippen MR) is 124 cm³/mol. The van der Waals surface area contributed by atoms with Gasteiger partial charge in [-0.2, -0.15) is 5.10 Å². The monoisotopic (exact) mass is 431 g/mol. The number of hydrogen-bond donors (Lipinski definition) is 3. The molecule has 2 aliphatic carbocycles. The number of para-hydroxylation sites is 1. The molecule has 3 rings (SSSR count). The molecule has 2 aliphatic rings. The number of unbranched alkanes of at least 4 members (excludes halogenated alkanes) is 2. The number of carboxylic acid groups (broad SMARTS) is 1. The lowest BCUT2D eigenvalue weighted by molar-refractivity contribution is -0.142. The van der Waals surface area contributed by atoms with Gasteiger partial charge in [0.1, 0.15) is 6.61 Å². The van der Waals surface area contributed by atoms with Gasteiger partial charge >= 0.3 is 5.97 Å². The van der Waals surface area contributed by atoms with E-state index in [1.807, 2.05) is 30.3 Å². The average molecular weight is 432 g/mol. The number of nitrogens with zero attached hydrogens (tertiary/aromatic N) is 1. The lowest BCUT2D eigenvalue weighted by Gasteiger charge is -2.31. The topological polar surface area (TPSA) is 83.0 Å². The van der Waals surface area contributed by atoms with E-state index in [0.29, 0.717) is 23.6 Å². The number of hydrogen-bond acceptors (Lipinski definition) is 4. The highest BCUT2D eigenvalue weighted by molar-refractivity contribution is 7.80. The number of ether oxygens (including phenoxy) is 1. The Labute approximate surface area is 184 Å². The molecule has 164 valence electrons. The molecule has 0 heterocycles. The molecule has 0 radical (unpaired) electrons. The number of rotatable bonds is 11. The Kier molecular flexibility index (Phi) is 8.63. The van der Waals surface area contributed by atoms with E-state index in [4.69, 9.17) is 22.1 Å². The number of anilines is 1. The number of carboxylic acids is 1.